The molecule has 50 heavy (non-hydrogen) atoms. The van der Waals surface area contributed by atoms with Gasteiger partial charge in [-0.2, -0.15) is 0 Å². The van der Waals surface area contributed by atoms with Gasteiger partial charge in [0.2, 0.25) is 0 Å². The fourth-order valence-electron chi connectivity index (χ4n) is 7.01. The van der Waals surface area contributed by atoms with E-state index in [0.717, 1.165) is 66.8 Å². The molecule has 0 atom stereocenters. The molecule has 4 nitrogen and oxygen atoms in total. The number of furan rings is 1. The van der Waals surface area contributed by atoms with Gasteiger partial charge in [-0.25, -0.2) is 9.97 Å². The van der Waals surface area contributed by atoms with Gasteiger partial charge in [0, 0.05) is 70.5 Å². The van der Waals surface area contributed by atoms with Crippen LogP contribution in [0.3, 0.4) is 0 Å². The van der Waals surface area contributed by atoms with Gasteiger partial charge in [0.05, 0.1) is 17.1 Å². The van der Waals surface area contributed by atoms with E-state index in [0.29, 0.717) is 5.82 Å². The highest BCUT2D eigenvalue weighted by Crippen LogP contribution is 2.46. The molecule has 0 bridgehead atoms. The molecule has 0 unspecified atom stereocenters. The Kier molecular flexibility index (Phi) is 6.64. The molecule has 234 valence electrons. The quantitative estimate of drug-likeness (QED) is 0.185. The standard InChI is InChI=1S/C45H27N3OS/c1-2-11-30(12-3-1)45-47-38(29-22-20-28(21-23-29)37-17-8-9-26-46-37)27-39(48-45)35-25-24-32(43-42(35)36-14-4-6-18-40(36)49-43)34-16-10-15-33-31-13-5-7-19-41(31)50-44(33)34/h1-27H. The number of rotatable bonds is 5. The van der Waals surface area contributed by atoms with Gasteiger partial charge in [0.1, 0.15) is 11.2 Å². The lowest BCUT2D eigenvalue weighted by atomic mass is 9.95. The number of thiophene rings is 1. The molecule has 0 aliphatic rings. The third kappa shape index (κ3) is 4.71. The topological polar surface area (TPSA) is 51.8 Å². The van der Waals surface area contributed by atoms with Crippen molar-refractivity contribution in [3.8, 4) is 56.3 Å². The van der Waals surface area contributed by atoms with Crippen molar-refractivity contribution in [1.82, 2.24) is 15.0 Å². The maximum absolute atomic E-state index is 6.76. The Morgan fingerprint density at radius 2 is 1.16 bits per heavy atom. The summed E-state index contributed by atoms with van der Waals surface area (Å²) in [5.41, 5.74) is 10.6. The van der Waals surface area contributed by atoms with Crippen LogP contribution in [0.25, 0.3) is 98.4 Å². The monoisotopic (exact) mass is 657 g/mol. The van der Waals surface area contributed by atoms with Gasteiger partial charge in [-0.05, 0) is 36.4 Å². The summed E-state index contributed by atoms with van der Waals surface area (Å²) in [5.74, 6) is 0.673. The fourth-order valence-corrected chi connectivity index (χ4v) is 8.24. The largest absolute Gasteiger partial charge is 0.455 e. The maximum atomic E-state index is 6.76. The van der Waals surface area contributed by atoms with Gasteiger partial charge in [-0.3, -0.25) is 4.98 Å². The van der Waals surface area contributed by atoms with E-state index in [2.05, 4.69) is 114 Å². The first-order chi connectivity index (χ1) is 24.8. The SMILES string of the molecule is c1ccc(-c2nc(-c3ccc(-c4ccccn4)cc3)cc(-c3ccc(-c4cccc5c4sc4ccccc45)c4oc5ccccc5c34)n2)cc1. The van der Waals surface area contributed by atoms with Crippen molar-refractivity contribution in [2.75, 3.05) is 0 Å². The minimum Gasteiger partial charge on any atom is -0.455 e. The highest BCUT2D eigenvalue weighted by Gasteiger charge is 2.21. The Bertz CT molecular complexity index is 2860. The molecule has 4 heterocycles. The summed E-state index contributed by atoms with van der Waals surface area (Å²) in [6.45, 7) is 0. The van der Waals surface area contributed by atoms with Gasteiger partial charge in [0.15, 0.2) is 5.82 Å². The Labute approximate surface area is 292 Å². The molecule has 0 aliphatic carbocycles. The number of benzene rings is 6. The molecule has 0 saturated heterocycles. The van der Waals surface area contributed by atoms with E-state index in [4.69, 9.17) is 14.4 Å². The normalized spacial score (nSPS) is 11.6. The lowest BCUT2D eigenvalue weighted by Crippen LogP contribution is -1.96. The van der Waals surface area contributed by atoms with Crippen molar-refractivity contribution in [3.05, 3.63) is 164 Å². The van der Waals surface area contributed by atoms with Crippen LogP contribution >= 0.6 is 11.3 Å². The number of pyridine rings is 1. The zero-order valence-electron chi connectivity index (χ0n) is 26.7. The second-order valence-electron chi connectivity index (χ2n) is 12.4. The van der Waals surface area contributed by atoms with Gasteiger partial charge in [-0.1, -0.05) is 121 Å². The van der Waals surface area contributed by atoms with Crippen molar-refractivity contribution >= 4 is 53.4 Å². The lowest BCUT2D eigenvalue weighted by Gasteiger charge is -2.12. The Hall–Kier alpha value is -6.43. The van der Waals surface area contributed by atoms with E-state index in [1.807, 2.05) is 66.1 Å². The molecule has 0 N–H and O–H groups in total. The first-order valence-electron chi connectivity index (χ1n) is 16.6. The molecule has 0 fully saturated rings. The van der Waals surface area contributed by atoms with Crippen LogP contribution < -0.4 is 0 Å². The second kappa shape index (κ2) is 11.6. The second-order valence-corrected chi connectivity index (χ2v) is 13.4. The van der Waals surface area contributed by atoms with E-state index in [1.165, 1.54) is 25.7 Å². The Morgan fingerprint density at radius 1 is 0.460 bits per heavy atom. The summed E-state index contributed by atoms with van der Waals surface area (Å²) in [6.07, 6.45) is 1.82. The van der Waals surface area contributed by atoms with Crippen LogP contribution in [-0.4, -0.2) is 15.0 Å². The van der Waals surface area contributed by atoms with Crippen LogP contribution in [-0.2, 0) is 0 Å². The average Bonchev–Trinajstić information content (AvgIpc) is 3.78. The molecular weight excluding hydrogens is 631 g/mol. The molecule has 0 amide bonds. The number of hydrogen-bond donors (Lipinski definition) is 0. The van der Waals surface area contributed by atoms with E-state index < -0.39 is 0 Å². The molecule has 10 aromatic rings. The van der Waals surface area contributed by atoms with Gasteiger partial charge in [-0.15, -0.1) is 11.3 Å². The van der Waals surface area contributed by atoms with Crippen LogP contribution in [0.5, 0.6) is 0 Å². The highest BCUT2D eigenvalue weighted by atomic mass is 32.1. The van der Waals surface area contributed by atoms with Crippen LogP contribution in [0.4, 0.5) is 0 Å². The number of hydrogen-bond acceptors (Lipinski definition) is 5. The van der Waals surface area contributed by atoms with Crippen LogP contribution in [0.2, 0.25) is 0 Å². The summed E-state index contributed by atoms with van der Waals surface area (Å²) >= 11 is 1.83. The first-order valence-corrected chi connectivity index (χ1v) is 17.4. The summed E-state index contributed by atoms with van der Waals surface area (Å²) in [5, 5.41) is 4.65. The zero-order chi connectivity index (χ0) is 33.0. The molecule has 10 rings (SSSR count). The minimum absolute atomic E-state index is 0.673. The average molecular weight is 658 g/mol. The van der Waals surface area contributed by atoms with Crippen LogP contribution in [0, 0.1) is 0 Å². The predicted molar refractivity (Wildman–Crippen MR) is 207 cm³/mol. The van der Waals surface area contributed by atoms with Crippen molar-refractivity contribution < 1.29 is 4.42 Å². The summed E-state index contributed by atoms with van der Waals surface area (Å²) in [4.78, 5) is 14.9. The van der Waals surface area contributed by atoms with Crippen molar-refractivity contribution in [3.63, 3.8) is 0 Å². The van der Waals surface area contributed by atoms with Crippen molar-refractivity contribution in [1.29, 1.82) is 0 Å². The molecular formula is C45H27N3OS. The van der Waals surface area contributed by atoms with E-state index in [9.17, 15) is 0 Å². The summed E-state index contributed by atoms with van der Waals surface area (Å²) in [6, 6.07) is 54.6. The molecule has 6 aromatic carbocycles. The van der Waals surface area contributed by atoms with Crippen LogP contribution in [0.15, 0.2) is 168 Å². The van der Waals surface area contributed by atoms with Gasteiger partial charge < -0.3 is 4.42 Å². The smallest absolute Gasteiger partial charge is 0.160 e. The zero-order valence-corrected chi connectivity index (χ0v) is 27.6. The third-order valence-electron chi connectivity index (χ3n) is 9.40. The fraction of sp³-hybridized carbons (Fsp3) is 0. The van der Waals surface area contributed by atoms with Crippen molar-refractivity contribution in [2.24, 2.45) is 0 Å². The number of fused-ring (bicyclic) bond motifs is 6. The number of aromatic nitrogens is 3. The van der Waals surface area contributed by atoms with Gasteiger partial charge >= 0.3 is 0 Å². The number of nitrogens with zero attached hydrogens (tertiary/aromatic N) is 3. The lowest BCUT2D eigenvalue weighted by molar-refractivity contribution is 0.670. The molecule has 0 spiro atoms. The molecule has 5 heteroatoms. The predicted octanol–water partition coefficient (Wildman–Crippen LogP) is 12.5. The van der Waals surface area contributed by atoms with E-state index in [1.54, 1.807) is 0 Å². The Balaban J connectivity index is 1.20. The first kappa shape index (κ1) is 28.6. The summed E-state index contributed by atoms with van der Waals surface area (Å²) < 4.78 is 9.30. The molecule has 4 aromatic heterocycles. The minimum atomic E-state index is 0.673. The summed E-state index contributed by atoms with van der Waals surface area (Å²) in [7, 11) is 0. The van der Waals surface area contributed by atoms with E-state index >= 15 is 0 Å². The highest BCUT2D eigenvalue weighted by molar-refractivity contribution is 7.26. The Morgan fingerprint density at radius 3 is 2.00 bits per heavy atom. The molecule has 0 radical (unpaired) electrons. The maximum Gasteiger partial charge on any atom is 0.160 e. The number of para-hydroxylation sites is 1. The van der Waals surface area contributed by atoms with Crippen LogP contribution in [0.1, 0.15) is 0 Å². The van der Waals surface area contributed by atoms with Crippen molar-refractivity contribution in [2.45, 2.75) is 0 Å². The molecule has 0 aliphatic heterocycles. The van der Waals surface area contributed by atoms with E-state index in [-0.39, 0.29) is 0 Å². The third-order valence-corrected chi connectivity index (χ3v) is 10.6. The van der Waals surface area contributed by atoms with Gasteiger partial charge in [0.25, 0.3) is 0 Å². The molecule has 0 saturated carbocycles.